The van der Waals surface area contributed by atoms with Crippen molar-refractivity contribution in [3.63, 3.8) is 0 Å². The van der Waals surface area contributed by atoms with Gasteiger partial charge in [-0.25, -0.2) is 0 Å². The number of allylic oxidation sites excluding steroid dienone is 1. The molecule has 19 heavy (non-hydrogen) atoms. The zero-order valence-corrected chi connectivity index (χ0v) is 11.5. The number of carbonyl (C=O) groups excluding carboxylic acids is 1. The number of esters is 1. The number of hydrogen-bond acceptors (Lipinski definition) is 4. The normalized spacial score (nSPS) is 41.6. The Hall–Kier alpha value is -1.13. The van der Waals surface area contributed by atoms with Crippen LogP contribution in [0.1, 0.15) is 33.1 Å². The summed E-state index contributed by atoms with van der Waals surface area (Å²) in [5.41, 5.74) is 1.84. The van der Waals surface area contributed by atoms with Gasteiger partial charge in [-0.2, -0.15) is 0 Å². The van der Waals surface area contributed by atoms with Crippen LogP contribution in [-0.4, -0.2) is 35.0 Å². The molecule has 0 saturated carbocycles. The molecule has 0 aromatic rings. The fraction of sp³-hybridized carbons (Fsp3) is 0.667. The Balaban J connectivity index is 2.29. The molecule has 1 fully saturated rings. The van der Waals surface area contributed by atoms with Gasteiger partial charge in [-0.1, -0.05) is 13.0 Å². The van der Waals surface area contributed by atoms with Crippen LogP contribution < -0.4 is 0 Å². The van der Waals surface area contributed by atoms with Crippen LogP contribution in [0.3, 0.4) is 0 Å². The molecule has 0 aromatic carbocycles. The third kappa shape index (κ3) is 3.07. The van der Waals surface area contributed by atoms with Gasteiger partial charge in [-0.3, -0.25) is 4.79 Å². The molecule has 4 nitrogen and oxygen atoms in total. The minimum Gasteiger partial charge on any atom is -0.458 e. The zero-order chi connectivity index (χ0) is 14.0. The smallest absolute Gasteiger partial charge is 0.309 e. The lowest BCUT2D eigenvalue weighted by Crippen LogP contribution is -2.25. The van der Waals surface area contributed by atoms with Gasteiger partial charge in [0.25, 0.3) is 0 Å². The second-order valence-electron chi connectivity index (χ2n) is 5.58. The molecule has 4 atom stereocenters. The van der Waals surface area contributed by atoms with E-state index in [2.05, 4.69) is 0 Å². The lowest BCUT2D eigenvalue weighted by atomic mass is 9.83. The second kappa shape index (κ2) is 5.88. The number of fused-ring (bicyclic) bond motifs is 1. The van der Waals surface area contributed by atoms with Gasteiger partial charge in [-0.05, 0) is 43.4 Å². The standard InChI is InChI=1S/C15H22O4/c1-9-4-3-5-11(8-16)6-14-12(7-13(9)17)10(2)15(18)19-14/h4,6,10,12-14,16-17H,3,5,7-8H2,1-2H3/b9-4+,11-6-/t10-,12-,13-,14-/m0/s1. The summed E-state index contributed by atoms with van der Waals surface area (Å²) in [5, 5.41) is 19.5. The van der Waals surface area contributed by atoms with Gasteiger partial charge < -0.3 is 14.9 Å². The number of hydrogen-bond donors (Lipinski definition) is 2. The van der Waals surface area contributed by atoms with Gasteiger partial charge in [0.15, 0.2) is 0 Å². The van der Waals surface area contributed by atoms with Crippen molar-refractivity contribution in [2.24, 2.45) is 11.8 Å². The van der Waals surface area contributed by atoms with Gasteiger partial charge in [-0.15, -0.1) is 0 Å². The third-order valence-corrected chi connectivity index (χ3v) is 4.24. The molecule has 0 unspecified atom stereocenters. The SMILES string of the molecule is C/C1=C\CC/C(CO)=C/[C@@H]2OC(=O)[C@@H](C)[C@@H]2C[C@@H]1O. The van der Waals surface area contributed by atoms with Crippen molar-refractivity contribution in [2.45, 2.75) is 45.3 Å². The highest BCUT2D eigenvalue weighted by atomic mass is 16.6. The van der Waals surface area contributed by atoms with Crippen LogP contribution >= 0.6 is 0 Å². The summed E-state index contributed by atoms with van der Waals surface area (Å²) in [6, 6.07) is 0. The number of ether oxygens (including phenoxy) is 1. The van der Waals surface area contributed by atoms with E-state index >= 15 is 0 Å². The van der Waals surface area contributed by atoms with Crippen molar-refractivity contribution >= 4 is 5.97 Å². The summed E-state index contributed by atoms with van der Waals surface area (Å²) in [6.07, 6.45) is 5.09. The van der Waals surface area contributed by atoms with Crippen LogP contribution in [0, 0.1) is 11.8 Å². The van der Waals surface area contributed by atoms with Gasteiger partial charge >= 0.3 is 5.97 Å². The molecule has 1 aliphatic carbocycles. The molecule has 2 N–H and O–H groups in total. The van der Waals surface area contributed by atoms with E-state index in [1.54, 1.807) is 0 Å². The van der Waals surface area contributed by atoms with E-state index in [9.17, 15) is 15.0 Å². The minimum absolute atomic E-state index is 0.00933. The van der Waals surface area contributed by atoms with Gasteiger partial charge in [0.1, 0.15) is 6.10 Å². The maximum Gasteiger partial charge on any atom is 0.309 e. The molecule has 0 aromatic heterocycles. The van der Waals surface area contributed by atoms with Crippen LogP contribution in [0.15, 0.2) is 23.3 Å². The van der Waals surface area contributed by atoms with Crippen LogP contribution in [-0.2, 0) is 9.53 Å². The van der Waals surface area contributed by atoms with Crippen molar-refractivity contribution in [1.29, 1.82) is 0 Å². The van der Waals surface area contributed by atoms with E-state index in [-0.39, 0.29) is 30.5 Å². The molecule has 2 aliphatic rings. The van der Waals surface area contributed by atoms with Crippen molar-refractivity contribution in [2.75, 3.05) is 6.61 Å². The molecule has 0 spiro atoms. The first-order chi connectivity index (χ1) is 9.02. The Morgan fingerprint density at radius 3 is 2.89 bits per heavy atom. The first-order valence-corrected chi connectivity index (χ1v) is 6.88. The van der Waals surface area contributed by atoms with E-state index < -0.39 is 6.10 Å². The van der Waals surface area contributed by atoms with Crippen molar-refractivity contribution in [3.05, 3.63) is 23.3 Å². The van der Waals surface area contributed by atoms with Gasteiger partial charge in [0.05, 0.1) is 18.6 Å². The second-order valence-corrected chi connectivity index (χ2v) is 5.58. The fourth-order valence-electron chi connectivity index (χ4n) is 2.80. The van der Waals surface area contributed by atoms with E-state index in [4.69, 9.17) is 4.74 Å². The lowest BCUT2D eigenvalue weighted by Gasteiger charge is -2.23. The van der Waals surface area contributed by atoms with E-state index in [0.29, 0.717) is 6.42 Å². The summed E-state index contributed by atoms with van der Waals surface area (Å²) in [5.74, 6) is -0.440. The predicted molar refractivity (Wildman–Crippen MR) is 71.3 cm³/mol. The molecule has 106 valence electrons. The molecule has 0 radical (unpaired) electrons. The predicted octanol–water partition coefficient (Wildman–Crippen LogP) is 1.57. The van der Waals surface area contributed by atoms with Crippen molar-refractivity contribution in [3.8, 4) is 0 Å². The highest BCUT2D eigenvalue weighted by molar-refractivity contribution is 5.75. The summed E-state index contributed by atoms with van der Waals surface area (Å²) in [6.45, 7) is 3.74. The van der Waals surface area contributed by atoms with Gasteiger partial charge in [0.2, 0.25) is 0 Å². The van der Waals surface area contributed by atoms with Crippen LogP contribution in [0.25, 0.3) is 0 Å². The summed E-state index contributed by atoms with van der Waals surface area (Å²) in [4.78, 5) is 11.7. The monoisotopic (exact) mass is 266 g/mol. The van der Waals surface area contributed by atoms with Crippen molar-refractivity contribution < 1.29 is 19.7 Å². The Kier molecular flexibility index (Phi) is 4.42. The number of aliphatic hydroxyl groups is 2. The molecule has 1 heterocycles. The van der Waals surface area contributed by atoms with E-state index in [1.807, 2.05) is 26.0 Å². The third-order valence-electron chi connectivity index (χ3n) is 4.24. The number of rotatable bonds is 1. The molecule has 0 bridgehead atoms. The molecule has 2 rings (SSSR count). The maximum atomic E-state index is 11.7. The number of carbonyl (C=O) groups is 1. The zero-order valence-electron chi connectivity index (χ0n) is 11.5. The Morgan fingerprint density at radius 1 is 1.47 bits per heavy atom. The fourth-order valence-corrected chi connectivity index (χ4v) is 2.80. The molecule has 0 amide bonds. The van der Waals surface area contributed by atoms with E-state index in [0.717, 1.165) is 24.0 Å². The van der Waals surface area contributed by atoms with Crippen molar-refractivity contribution in [1.82, 2.24) is 0 Å². The average molecular weight is 266 g/mol. The van der Waals surface area contributed by atoms with Crippen LogP contribution in [0.2, 0.25) is 0 Å². The minimum atomic E-state index is -0.520. The van der Waals surface area contributed by atoms with Crippen LogP contribution in [0.5, 0.6) is 0 Å². The highest BCUT2D eigenvalue weighted by Gasteiger charge is 2.41. The van der Waals surface area contributed by atoms with Crippen LogP contribution in [0.4, 0.5) is 0 Å². The molecular weight excluding hydrogens is 244 g/mol. The quantitative estimate of drug-likeness (QED) is 0.558. The molecule has 4 heteroatoms. The average Bonchev–Trinajstić information content (AvgIpc) is 2.64. The Bertz CT molecular complexity index is 410. The summed E-state index contributed by atoms with van der Waals surface area (Å²) < 4.78 is 5.37. The first kappa shape index (κ1) is 14.3. The topological polar surface area (TPSA) is 66.8 Å². The molecule has 1 saturated heterocycles. The number of aliphatic hydroxyl groups excluding tert-OH is 2. The summed E-state index contributed by atoms with van der Waals surface area (Å²) >= 11 is 0. The molecular formula is C15H22O4. The molecule has 1 aliphatic heterocycles. The highest BCUT2D eigenvalue weighted by Crippen LogP contribution is 2.35. The maximum absolute atomic E-state index is 11.7. The largest absolute Gasteiger partial charge is 0.458 e. The van der Waals surface area contributed by atoms with Gasteiger partial charge in [0, 0.05) is 5.92 Å². The van der Waals surface area contributed by atoms with E-state index in [1.165, 1.54) is 0 Å². The lowest BCUT2D eigenvalue weighted by molar-refractivity contribution is -0.142. The Labute approximate surface area is 113 Å². The summed E-state index contributed by atoms with van der Waals surface area (Å²) in [7, 11) is 0. The first-order valence-electron chi connectivity index (χ1n) is 6.88. The Morgan fingerprint density at radius 2 is 2.21 bits per heavy atom.